The Morgan fingerprint density at radius 3 is 2.80 bits per heavy atom. The predicted octanol–water partition coefficient (Wildman–Crippen LogP) is -1.40. The van der Waals surface area contributed by atoms with E-state index < -0.39 is 44.7 Å². The summed E-state index contributed by atoms with van der Waals surface area (Å²) in [6.45, 7) is -0.446. The monoisotopic (exact) mass is 305 g/mol. The van der Waals surface area contributed by atoms with Crippen LogP contribution in [-0.2, 0) is 18.3 Å². The van der Waals surface area contributed by atoms with Gasteiger partial charge in [0.2, 0.25) is 0 Å². The quantitative estimate of drug-likeness (QED) is 0.561. The first-order chi connectivity index (χ1) is 9.41. The standard InChI is InChI=1S/C9H12N3O7P/c10-5-1-2-12(9(14)11-5)8-7-6(4(3-13)17-8)18-20(15,16)19-7/h1-2,4,6-8,13H,3H2,(H,15,16)(H2,10,11,14)/t4-,6-,7-,8?/m1/s1. The maximum atomic E-state index is 11.8. The molecule has 0 bridgehead atoms. The number of phosphoric ester groups is 1. The molecule has 2 saturated heterocycles. The third-order valence-corrected chi connectivity index (χ3v) is 4.12. The Labute approximate surface area is 112 Å². The highest BCUT2D eigenvalue weighted by Gasteiger charge is 2.57. The van der Waals surface area contributed by atoms with Gasteiger partial charge in [-0.25, -0.2) is 9.36 Å². The van der Waals surface area contributed by atoms with Gasteiger partial charge in [0.1, 0.15) is 24.1 Å². The van der Waals surface area contributed by atoms with Gasteiger partial charge in [-0.2, -0.15) is 4.98 Å². The number of nitrogens with two attached hydrogens (primary N) is 1. The highest BCUT2D eigenvalue weighted by Crippen LogP contribution is 2.58. The van der Waals surface area contributed by atoms with Gasteiger partial charge in [0, 0.05) is 6.20 Å². The Hall–Kier alpha value is -1.29. The van der Waals surface area contributed by atoms with Crippen molar-refractivity contribution in [3.05, 3.63) is 22.7 Å². The summed E-state index contributed by atoms with van der Waals surface area (Å²) < 4.78 is 27.7. The van der Waals surface area contributed by atoms with E-state index in [-0.39, 0.29) is 5.82 Å². The van der Waals surface area contributed by atoms with E-state index in [1.54, 1.807) is 0 Å². The van der Waals surface area contributed by atoms with Gasteiger partial charge in [-0.05, 0) is 6.07 Å². The number of aromatic nitrogens is 2. The number of nitrogen functional groups attached to an aromatic ring is 1. The van der Waals surface area contributed by atoms with E-state index in [9.17, 15) is 19.4 Å². The third-order valence-electron chi connectivity index (χ3n) is 3.10. The van der Waals surface area contributed by atoms with Gasteiger partial charge in [-0.15, -0.1) is 0 Å². The molecule has 0 aliphatic carbocycles. The van der Waals surface area contributed by atoms with Crippen LogP contribution >= 0.6 is 7.82 Å². The Bertz CT molecular complexity index is 634. The Morgan fingerprint density at radius 1 is 1.45 bits per heavy atom. The molecule has 1 aromatic rings. The predicted molar refractivity (Wildman–Crippen MR) is 63.5 cm³/mol. The first kappa shape index (κ1) is 13.7. The van der Waals surface area contributed by atoms with Crippen LogP contribution in [0.2, 0.25) is 0 Å². The van der Waals surface area contributed by atoms with Crippen molar-refractivity contribution < 1.29 is 28.3 Å². The van der Waals surface area contributed by atoms with Crippen LogP contribution in [0.5, 0.6) is 0 Å². The van der Waals surface area contributed by atoms with E-state index >= 15 is 0 Å². The van der Waals surface area contributed by atoms with Gasteiger partial charge in [-0.3, -0.25) is 13.6 Å². The number of aliphatic hydroxyl groups excluding tert-OH is 1. The number of anilines is 1. The molecule has 0 spiro atoms. The number of nitrogens with zero attached hydrogens (tertiary/aromatic N) is 2. The highest BCUT2D eigenvalue weighted by atomic mass is 31.2. The van der Waals surface area contributed by atoms with Crippen LogP contribution in [0.25, 0.3) is 0 Å². The van der Waals surface area contributed by atoms with Crippen LogP contribution in [0.3, 0.4) is 0 Å². The van der Waals surface area contributed by atoms with Crippen molar-refractivity contribution in [3.63, 3.8) is 0 Å². The van der Waals surface area contributed by atoms with Crippen LogP contribution < -0.4 is 11.4 Å². The number of aliphatic hydroxyl groups is 1. The van der Waals surface area contributed by atoms with Gasteiger partial charge in [0.05, 0.1) is 6.61 Å². The number of hydrogen-bond acceptors (Lipinski definition) is 8. The molecular weight excluding hydrogens is 293 g/mol. The second kappa shape index (κ2) is 4.62. The van der Waals surface area contributed by atoms with E-state index in [4.69, 9.17) is 19.5 Å². The molecule has 2 fully saturated rings. The molecule has 3 rings (SSSR count). The van der Waals surface area contributed by atoms with Crippen molar-refractivity contribution in [3.8, 4) is 0 Å². The summed E-state index contributed by atoms with van der Waals surface area (Å²) in [4.78, 5) is 24.7. The summed E-state index contributed by atoms with van der Waals surface area (Å²) >= 11 is 0. The zero-order valence-corrected chi connectivity index (χ0v) is 10.9. The fourth-order valence-corrected chi connectivity index (χ4v) is 3.42. The van der Waals surface area contributed by atoms with Gasteiger partial charge >= 0.3 is 13.5 Å². The van der Waals surface area contributed by atoms with Crippen LogP contribution in [0.1, 0.15) is 6.23 Å². The molecule has 2 aliphatic rings. The van der Waals surface area contributed by atoms with Gasteiger partial charge in [0.25, 0.3) is 0 Å². The average molecular weight is 305 g/mol. The average Bonchev–Trinajstić information content (AvgIpc) is 2.83. The molecule has 0 amide bonds. The molecule has 4 N–H and O–H groups in total. The third kappa shape index (κ3) is 2.16. The van der Waals surface area contributed by atoms with Crippen molar-refractivity contribution in [2.75, 3.05) is 12.3 Å². The van der Waals surface area contributed by atoms with E-state index in [1.165, 1.54) is 12.3 Å². The topological polar surface area (TPSA) is 146 Å². The summed E-state index contributed by atoms with van der Waals surface area (Å²) in [5.41, 5.74) is 4.69. The summed E-state index contributed by atoms with van der Waals surface area (Å²) in [6.07, 6.45) is -2.51. The minimum atomic E-state index is -4.21. The molecule has 3 heterocycles. The minimum Gasteiger partial charge on any atom is -0.394 e. The molecule has 2 unspecified atom stereocenters. The summed E-state index contributed by atoms with van der Waals surface area (Å²) in [6, 6.07) is 1.38. The Balaban J connectivity index is 1.98. The molecule has 0 aromatic carbocycles. The Morgan fingerprint density at radius 2 is 2.15 bits per heavy atom. The van der Waals surface area contributed by atoms with E-state index in [0.29, 0.717) is 0 Å². The summed E-state index contributed by atoms with van der Waals surface area (Å²) in [5, 5.41) is 9.21. The second-order valence-electron chi connectivity index (χ2n) is 4.40. The highest BCUT2D eigenvalue weighted by molar-refractivity contribution is 7.47. The minimum absolute atomic E-state index is 0.0379. The molecule has 110 valence electrons. The fourth-order valence-electron chi connectivity index (χ4n) is 2.27. The first-order valence-electron chi connectivity index (χ1n) is 5.72. The maximum Gasteiger partial charge on any atom is 0.473 e. The number of hydrogen-bond donors (Lipinski definition) is 3. The molecule has 0 radical (unpaired) electrons. The van der Waals surface area contributed by atoms with Gasteiger partial charge in [0.15, 0.2) is 6.23 Å². The van der Waals surface area contributed by atoms with Gasteiger partial charge in [-0.1, -0.05) is 0 Å². The maximum absolute atomic E-state index is 11.8. The lowest BCUT2D eigenvalue weighted by molar-refractivity contribution is -0.0624. The lowest BCUT2D eigenvalue weighted by atomic mass is 10.1. The van der Waals surface area contributed by atoms with Crippen molar-refractivity contribution in [1.29, 1.82) is 0 Å². The van der Waals surface area contributed by atoms with Crippen LogP contribution in [0, 0.1) is 0 Å². The lowest BCUT2D eigenvalue weighted by Crippen LogP contribution is -2.34. The molecular formula is C9H12N3O7P. The van der Waals surface area contributed by atoms with Crippen molar-refractivity contribution in [2.45, 2.75) is 24.5 Å². The molecule has 11 heteroatoms. The van der Waals surface area contributed by atoms with Crippen molar-refractivity contribution in [2.24, 2.45) is 0 Å². The SMILES string of the molecule is Nc1ccn(C2O[C@H](CO)[C@H]3OP(=O)(O)O[C@@H]23)c(=O)n1. The zero-order valence-electron chi connectivity index (χ0n) is 10.0. The molecule has 1 aromatic heterocycles. The zero-order chi connectivity index (χ0) is 14.5. The Kier molecular flexibility index (Phi) is 3.16. The molecule has 0 saturated carbocycles. The van der Waals surface area contributed by atoms with E-state index in [1.807, 2.05) is 0 Å². The molecule has 20 heavy (non-hydrogen) atoms. The largest absolute Gasteiger partial charge is 0.473 e. The van der Waals surface area contributed by atoms with Crippen LogP contribution in [0.15, 0.2) is 17.1 Å². The molecule has 2 aliphatic heterocycles. The number of rotatable bonds is 2. The second-order valence-corrected chi connectivity index (χ2v) is 5.76. The van der Waals surface area contributed by atoms with Crippen LogP contribution in [0.4, 0.5) is 5.82 Å². The number of phosphoric acid groups is 1. The first-order valence-corrected chi connectivity index (χ1v) is 7.21. The van der Waals surface area contributed by atoms with Crippen molar-refractivity contribution in [1.82, 2.24) is 9.55 Å². The smallest absolute Gasteiger partial charge is 0.394 e. The summed E-state index contributed by atoms with van der Waals surface area (Å²) in [7, 11) is -4.21. The number of fused-ring (bicyclic) bond motifs is 1. The fraction of sp³-hybridized carbons (Fsp3) is 0.556. The normalized spacial score (nSPS) is 39.9. The summed E-state index contributed by atoms with van der Waals surface area (Å²) in [5.74, 6) is 0.0379. The lowest BCUT2D eigenvalue weighted by Gasteiger charge is -2.18. The molecule has 5 atom stereocenters. The number of ether oxygens (including phenoxy) is 1. The van der Waals surface area contributed by atoms with Gasteiger partial charge < -0.3 is 20.5 Å². The van der Waals surface area contributed by atoms with Crippen LogP contribution in [-0.4, -0.2) is 44.5 Å². The van der Waals surface area contributed by atoms with E-state index in [2.05, 4.69) is 4.98 Å². The van der Waals surface area contributed by atoms with Crippen molar-refractivity contribution >= 4 is 13.6 Å². The molecule has 10 nitrogen and oxygen atoms in total. The van der Waals surface area contributed by atoms with E-state index in [0.717, 1.165) is 4.57 Å².